The zero-order chi connectivity index (χ0) is 14.8. The number of benzene rings is 2. The van der Waals surface area contributed by atoms with Crippen LogP contribution in [0.5, 0.6) is 5.75 Å². The zero-order valence-corrected chi connectivity index (χ0v) is 11.4. The molecule has 0 aliphatic rings. The Hall–Kier alpha value is -2.82. The van der Waals surface area contributed by atoms with Crippen LogP contribution in [-0.2, 0) is 0 Å². The van der Waals surface area contributed by atoms with Gasteiger partial charge in [-0.15, -0.1) is 0 Å². The number of halogens is 1. The Bertz CT molecular complexity index is 799. The molecule has 0 atom stereocenters. The summed E-state index contributed by atoms with van der Waals surface area (Å²) in [6.07, 6.45) is 3.46. The Balaban J connectivity index is 2.07. The van der Waals surface area contributed by atoms with Gasteiger partial charge in [0.25, 0.3) is 0 Å². The van der Waals surface area contributed by atoms with Gasteiger partial charge in [0, 0.05) is 35.6 Å². The normalized spacial score (nSPS) is 10.6. The molecule has 0 saturated heterocycles. The van der Waals surface area contributed by atoms with Crippen molar-refractivity contribution in [3.05, 3.63) is 54.6 Å². The van der Waals surface area contributed by atoms with Gasteiger partial charge >= 0.3 is 0 Å². The van der Waals surface area contributed by atoms with Crippen LogP contribution in [0.15, 0.2) is 48.8 Å². The maximum Gasteiger partial charge on any atom is 0.148 e. The summed E-state index contributed by atoms with van der Waals surface area (Å²) in [4.78, 5) is 4.11. The fourth-order valence-corrected chi connectivity index (χ4v) is 2.21. The van der Waals surface area contributed by atoms with Crippen LogP contribution in [0.2, 0.25) is 0 Å². The molecular formula is C16H14FN3O. The van der Waals surface area contributed by atoms with Gasteiger partial charge in [-0.25, -0.2) is 4.39 Å². The summed E-state index contributed by atoms with van der Waals surface area (Å²) in [5.41, 5.74) is 7.02. The van der Waals surface area contributed by atoms with Crippen molar-refractivity contribution in [2.24, 2.45) is 0 Å². The number of pyridine rings is 1. The third-order valence-electron chi connectivity index (χ3n) is 3.27. The number of nitrogens with zero attached hydrogens (tertiary/aromatic N) is 1. The van der Waals surface area contributed by atoms with Crippen LogP contribution in [-0.4, -0.2) is 12.1 Å². The number of nitrogens with two attached hydrogens (primary N) is 1. The molecule has 0 bridgehead atoms. The average Bonchev–Trinajstić information content (AvgIpc) is 2.50. The predicted molar refractivity (Wildman–Crippen MR) is 82.4 cm³/mol. The smallest absolute Gasteiger partial charge is 0.148 e. The highest BCUT2D eigenvalue weighted by Gasteiger charge is 2.10. The SMILES string of the molecule is COc1cc(Nc2cccc3ccncc23)c(F)cc1N. The lowest BCUT2D eigenvalue weighted by atomic mass is 10.1. The second-order valence-corrected chi connectivity index (χ2v) is 4.60. The first-order valence-electron chi connectivity index (χ1n) is 6.42. The molecule has 3 N–H and O–H groups in total. The molecule has 0 spiro atoms. The number of nitrogens with one attached hydrogen (secondary N) is 1. The third kappa shape index (κ3) is 2.45. The lowest BCUT2D eigenvalue weighted by Gasteiger charge is -2.13. The minimum Gasteiger partial charge on any atom is -0.495 e. The van der Waals surface area contributed by atoms with Gasteiger partial charge in [-0.05, 0) is 17.5 Å². The van der Waals surface area contributed by atoms with Crippen molar-refractivity contribution in [3.63, 3.8) is 0 Å². The van der Waals surface area contributed by atoms with Gasteiger partial charge in [-0.3, -0.25) is 4.98 Å². The molecule has 0 saturated carbocycles. The number of rotatable bonds is 3. The summed E-state index contributed by atoms with van der Waals surface area (Å²) in [6.45, 7) is 0. The van der Waals surface area contributed by atoms with Crippen molar-refractivity contribution in [2.45, 2.75) is 0 Å². The molecule has 21 heavy (non-hydrogen) atoms. The molecule has 0 fully saturated rings. The maximum absolute atomic E-state index is 14.0. The number of ether oxygens (including phenoxy) is 1. The van der Waals surface area contributed by atoms with Crippen LogP contribution < -0.4 is 15.8 Å². The summed E-state index contributed by atoms with van der Waals surface area (Å²) >= 11 is 0. The largest absolute Gasteiger partial charge is 0.495 e. The highest BCUT2D eigenvalue weighted by Crippen LogP contribution is 2.32. The standard InChI is InChI=1S/C16H14FN3O/c1-21-16-8-15(12(17)7-13(16)18)20-14-4-2-3-10-5-6-19-9-11(10)14/h2-9,20H,18H2,1H3. The van der Waals surface area contributed by atoms with E-state index in [1.54, 1.807) is 18.5 Å². The number of fused-ring (bicyclic) bond motifs is 1. The monoisotopic (exact) mass is 283 g/mol. The van der Waals surface area contributed by atoms with E-state index in [1.807, 2.05) is 24.3 Å². The van der Waals surface area contributed by atoms with E-state index in [0.717, 1.165) is 16.5 Å². The highest BCUT2D eigenvalue weighted by atomic mass is 19.1. The van der Waals surface area contributed by atoms with E-state index in [0.29, 0.717) is 11.4 Å². The third-order valence-corrected chi connectivity index (χ3v) is 3.27. The van der Waals surface area contributed by atoms with E-state index in [-0.39, 0.29) is 5.69 Å². The van der Waals surface area contributed by atoms with E-state index >= 15 is 0 Å². The number of hydrogen-bond donors (Lipinski definition) is 2. The number of nitrogen functional groups attached to an aromatic ring is 1. The van der Waals surface area contributed by atoms with Crippen molar-refractivity contribution in [2.75, 3.05) is 18.2 Å². The fourth-order valence-electron chi connectivity index (χ4n) is 2.21. The van der Waals surface area contributed by atoms with E-state index in [2.05, 4.69) is 10.3 Å². The molecule has 1 aromatic heterocycles. The van der Waals surface area contributed by atoms with Crippen molar-refractivity contribution in [3.8, 4) is 5.75 Å². The minimum absolute atomic E-state index is 0.264. The molecule has 1 heterocycles. The Morgan fingerprint density at radius 2 is 2.05 bits per heavy atom. The van der Waals surface area contributed by atoms with Crippen LogP contribution in [0.25, 0.3) is 10.8 Å². The van der Waals surface area contributed by atoms with Gasteiger partial charge in [0.1, 0.15) is 11.6 Å². The molecule has 5 heteroatoms. The molecule has 4 nitrogen and oxygen atoms in total. The molecule has 0 aliphatic carbocycles. The van der Waals surface area contributed by atoms with Crippen LogP contribution in [0, 0.1) is 5.82 Å². The molecule has 0 unspecified atom stereocenters. The van der Waals surface area contributed by atoms with Gasteiger partial charge < -0.3 is 15.8 Å². The molecule has 0 amide bonds. The number of hydrogen-bond acceptors (Lipinski definition) is 4. The van der Waals surface area contributed by atoms with Gasteiger partial charge in [-0.2, -0.15) is 0 Å². The first-order chi connectivity index (χ1) is 10.2. The molecule has 106 valence electrons. The lowest BCUT2D eigenvalue weighted by molar-refractivity contribution is 0.416. The summed E-state index contributed by atoms with van der Waals surface area (Å²) in [7, 11) is 1.50. The van der Waals surface area contributed by atoms with Crippen LogP contribution in [0.4, 0.5) is 21.5 Å². The number of anilines is 3. The predicted octanol–water partition coefficient (Wildman–Crippen LogP) is 3.71. The Morgan fingerprint density at radius 3 is 2.86 bits per heavy atom. The van der Waals surface area contributed by atoms with E-state index in [9.17, 15) is 4.39 Å². The Morgan fingerprint density at radius 1 is 1.19 bits per heavy atom. The van der Waals surface area contributed by atoms with Crippen molar-refractivity contribution >= 4 is 27.8 Å². The van der Waals surface area contributed by atoms with Gasteiger partial charge in [0.15, 0.2) is 0 Å². The van der Waals surface area contributed by atoms with Crippen LogP contribution in [0.1, 0.15) is 0 Å². The Kier molecular flexibility index (Phi) is 3.31. The quantitative estimate of drug-likeness (QED) is 0.719. The topological polar surface area (TPSA) is 60.2 Å². The highest BCUT2D eigenvalue weighted by molar-refractivity contribution is 5.94. The van der Waals surface area contributed by atoms with Gasteiger partial charge in [0.2, 0.25) is 0 Å². The Labute approximate surface area is 121 Å². The maximum atomic E-state index is 14.0. The molecule has 0 aliphatic heterocycles. The van der Waals surface area contributed by atoms with E-state index in [1.165, 1.54) is 13.2 Å². The van der Waals surface area contributed by atoms with Gasteiger partial charge in [-0.1, -0.05) is 12.1 Å². The average molecular weight is 283 g/mol. The molecule has 3 aromatic rings. The first kappa shape index (κ1) is 13.2. The summed E-state index contributed by atoms with van der Waals surface area (Å²) in [6, 6.07) is 10.4. The van der Waals surface area contributed by atoms with Gasteiger partial charge in [0.05, 0.1) is 18.5 Å². The molecular weight excluding hydrogens is 269 g/mol. The second-order valence-electron chi connectivity index (χ2n) is 4.60. The van der Waals surface area contributed by atoms with E-state index in [4.69, 9.17) is 10.5 Å². The molecule has 0 radical (unpaired) electrons. The minimum atomic E-state index is -0.436. The molecule has 2 aromatic carbocycles. The summed E-state index contributed by atoms with van der Waals surface area (Å²) in [5.74, 6) is -0.00791. The van der Waals surface area contributed by atoms with E-state index < -0.39 is 5.82 Å². The van der Waals surface area contributed by atoms with Crippen LogP contribution in [0.3, 0.4) is 0 Å². The van der Waals surface area contributed by atoms with Crippen molar-refractivity contribution in [1.29, 1.82) is 0 Å². The number of aromatic nitrogens is 1. The molecule has 3 rings (SSSR count). The lowest BCUT2D eigenvalue weighted by Crippen LogP contribution is -1.99. The van der Waals surface area contributed by atoms with Crippen molar-refractivity contribution < 1.29 is 9.13 Å². The summed E-state index contributed by atoms with van der Waals surface area (Å²) < 4.78 is 19.2. The second kappa shape index (κ2) is 5.28. The summed E-state index contributed by atoms with van der Waals surface area (Å²) in [5, 5.41) is 5.00. The van der Waals surface area contributed by atoms with Crippen LogP contribution >= 0.6 is 0 Å². The van der Waals surface area contributed by atoms with Crippen molar-refractivity contribution in [1.82, 2.24) is 4.98 Å². The first-order valence-corrected chi connectivity index (χ1v) is 6.42. The fraction of sp³-hybridized carbons (Fsp3) is 0.0625. The zero-order valence-electron chi connectivity index (χ0n) is 11.4. The number of methoxy groups -OCH3 is 1.